The number of nitrogens with one attached hydrogen (secondary N) is 2. The van der Waals surface area contributed by atoms with Crippen LogP contribution in [-0.4, -0.2) is 57.7 Å². The largest absolute Gasteiger partial charge is 0.357 e. The molecule has 24 heavy (non-hydrogen) atoms. The first-order chi connectivity index (χ1) is 11.5. The zero-order chi connectivity index (χ0) is 17.4. The van der Waals surface area contributed by atoms with Crippen molar-refractivity contribution < 1.29 is 8.42 Å². The van der Waals surface area contributed by atoms with E-state index in [2.05, 4.69) is 40.1 Å². The van der Waals surface area contributed by atoms with Crippen molar-refractivity contribution in [2.75, 3.05) is 39.0 Å². The summed E-state index contributed by atoms with van der Waals surface area (Å²) >= 11 is 1.77. The van der Waals surface area contributed by atoms with Crippen molar-refractivity contribution in [2.45, 2.75) is 26.2 Å². The van der Waals surface area contributed by atoms with Gasteiger partial charge in [-0.05, 0) is 43.6 Å². The average molecular weight is 373 g/mol. The second kappa shape index (κ2) is 9.39. The van der Waals surface area contributed by atoms with E-state index in [1.165, 1.54) is 11.1 Å². The molecule has 1 aliphatic heterocycles. The number of aliphatic imine (C=N–C) groups is 1. The van der Waals surface area contributed by atoms with Gasteiger partial charge in [-0.3, -0.25) is 4.99 Å². The van der Waals surface area contributed by atoms with Gasteiger partial charge in [0.15, 0.2) is 5.96 Å². The average Bonchev–Trinajstić information content (AvgIpc) is 3.05. The van der Waals surface area contributed by atoms with Gasteiger partial charge in [-0.15, -0.1) is 11.3 Å². The third-order valence-corrected chi connectivity index (χ3v) is 6.38. The van der Waals surface area contributed by atoms with Gasteiger partial charge in [0.2, 0.25) is 10.0 Å². The second-order valence-electron chi connectivity index (χ2n) is 6.08. The Balaban J connectivity index is 1.76. The van der Waals surface area contributed by atoms with Crippen LogP contribution in [0.2, 0.25) is 0 Å². The highest BCUT2D eigenvalue weighted by Gasteiger charge is 2.24. The van der Waals surface area contributed by atoms with E-state index in [1.54, 1.807) is 15.6 Å². The Labute approximate surface area is 149 Å². The molecule has 0 radical (unpaired) electrons. The molecule has 1 aromatic rings. The van der Waals surface area contributed by atoms with Crippen molar-refractivity contribution in [3.63, 3.8) is 0 Å². The summed E-state index contributed by atoms with van der Waals surface area (Å²) in [5.41, 5.74) is 0. The summed E-state index contributed by atoms with van der Waals surface area (Å²) in [7, 11) is -3.05. The van der Waals surface area contributed by atoms with E-state index in [4.69, 9.17) is 0 Å². The quantitative estimate of drug-likeness (QED) is 0.562. The van der Waals surface area contributed by atoms with Crippen molar-refractivity contribution in [3.05, 3.63) is 22.4 Å². The second-order valence-corrected chi connectivity index (χ2v) is 9.10. The molecule has 1 fully saturated rings. The lowest BCUT2D eigenvalue weighted by atomic mass is 9.98. The van der Waals surface area contributed by atoms with Crippen molar-refractivity contribution in [3.8, 4) is 0 Å². The summed E-state index contributed by atoms with van der Waals surface area (Å²) in [5, 5.41) is 8.74. The van der Waals surface area contributed by atoms with E-state index >= 15 is 0 Å². The van der Waals surface area contributed by atoms with Crippen molar-refractivity contribution >= 4 is 27.3 Å². The number of sulfonamides is 1. The van der Waals surface area contributed by atoms with Gasteiger partial charge in [0.05, 0.1) is 6.26 Å². The third kappa shape index (κ3) is 6.41. The van der Waals surface area contributed by atoms with Gasteiger partial charge in [-0.1, -0.05) is 6.07 Å². The van der Waals surface area contributed by atoms with E-state index in [9.17, 15) is 8.42 Å². The Kier molecular flexibility index (Phi) is 7.51. The van der Waals surface area contributed by atoms with Crippen LogP contribution in [0.15, 0.2) is 22.5 Å². The summed E-state index contributed by atoms with van der Waals surface area (Å²) in [6.07, 6.45) is 4.04. The zero-order valence-corrected chi connectivity index (χ0v) is 16.1. The fourth-order valence-electron chi connectivity index (χ4n) is 2.74. The highest BCUT2D eigenvalue weighted by atomic mass is 32.2. The summed E-state index contributed by atoms with van der Waals surface area (Å²) in [5.74, 6) is 1.30. The monoisotopic (exact) mass is 372 g/mol. The summed E-state index contributed by atoms with van der Waals surface area (Å²) in [6.45, 7) is 5.71. The maximum atomic E-state index is 11.5. The lowest BCUT2D eigenvalue weighted by molar-refractivity contribution is 0.280. The molecule has 1 aromatic heterocycles. The Morgan fingerprint density at radius 1 is 1.38 bits per heavy atom. The molecule has 0 saturated carbocycles. The fourth-order valence-corrected chi connectivity index (χ4v) is 4.33. The third-order valence-electron chi connectivity index (χ3n) is 4.14. The first-order valence-corrected chi connectivity index (χ1v) is 11.2. The van der Waals surface area contributed by atoms with Crippen LogP contribution in [0.4, 0.5) is 0 Å². The van der Waals surface area contributed by atoms with Crippen LogP contribution in [0.1, 0.15) is 24.6 Å². The van der Waals surface area contributed by atoms with E-state index in [-0.39, 0.29) is 0 Å². The van der Waals surface area contributed by atoms with E-state index in [0.29, 0.717) is 19.0 Å². The predicted molar refractivity (Wildman–Crippen MR) is 101 cm³/mol. The number of rotatable bonds is 7. The number of thiophene rings is 1. The van der Waals surface area contributed by atoms with Crippen LogP contribution >= 0.6 is 11.3 Å². The van der Waals surface area contributed by atoms with Gasteiger partial charge in [0, 0.05) is 37.6 Å². The SMILES string of the molecule is CCNC(=NCC1CCN(S(C)(=O)=O)CC1)NCCc1cccs1. The Morgan fingerprint density at radius 2 is 2.12 bits per heavy atom. The van der Waals surface area contributed by atoms with E-state index in [1.807, 2.05) is 0 Å². The fraction of sp³-hybridized carbons (Fsp3) is 0.688. The molecule has 1 saturated heterocycles. The van der Waals surface area contributed by atoms with E-state index in [0.717, 1.165) is 44.9 Å². The molecule has 2 N–H and O–H groups in total. The highest BCUT2D eigenvalue weighted by Crippen LogP contribution is 2.19. The first kappa shape index (κ1) is 19.2. The summed E-state index contributed by atoms with van der Waals surface area (Å²) in [6, 6.07) is 4.22. The van der Waals surface area contributed by atoms with Gasteiger partial charge in [-0.25, -0.2) is 12.7 Å². The number of piperidine rings is 1. The predicted octanol–water partition coefficient (Wildman–Crippen LogP) is 1.52. The summed E-state index contributed by atoms with van der Waals surface area (Å²) < 4.78 is 24.6. The molecule has 1 aliphatic rings. The van der Waals surface area contributed by atoms with Crippen molar-refractivity contribution in [1.29, 1.82) is 0 Å². The lowest BCUT2D eigenvalue weighted by Crippen LogP contribution is -2.40. The molecule has 0 atom stereocenters. The molecule has 0 unspecified atom stereocenters. The highest BCUT2D eigenvalue weighted by molar-refractivity contribution is 7.88. The van der Waals surface area contributed by atoms with E-state index < -0.39 is 10.0 Å². The van der Waals surface area contributed by atoms with Gasteiger partial charge in [-0.2, -0.15) is 0 Å². The molecule has 0 aromatic carbocycles. The first-order valence-electron chi connectivity index (χ1n) is 8.48. The van der Waals surface area contributed by atoms with Crippen LogP contribution in [0.25, 0.3) is 0 Å². The van der Waals surface area contributed by atoms with Crippen LogP contribution < -0.4 is 10.6 Å². The van der Waals surface area contributed by atoms with Crippen LogP contribution in [-0.2, 0) is 16.4 Å². The maximum absolute atomic E-state index is 11.5. The molecule has 8 heteroatoms. The normalized spacial score (nSPS) is 17.8. The zero-order valence-electron chi connectivity index (χ0n) is 14.5. The lowest BCUT2D eigenvalue weighted by Gasteiger charge is -2.29. The molecule has 6 nitrogen and oxygen atoms in total. The van der Waals surface area contributed by atoms with Crippen molar-refractivity contribution in [1.82, 2.24) is 14.9 Å². The topological polar surface area (TPSA) is 73.8 Å². The van der Waals surface area contributed by atoms with Crippen LogP contribution in [0.3, 0.4) is 0 Å². The molecular weight excluding hydrogens is 344 g/mol. The molecule has 0 amide bonds. The Morgan fingerprint density at radius 3 is 2.71 bits per heavy atom. The molecular formula is C16H28N4O2S2. The van der Waals surface area contributed by atoms with Gasteiger partial charge >= 0.3 is 0 Å². The van der Waals surface area contributed by atoms with Crippen molar-refractivity contribution in [2.24, 2.45) is 10.9 Å². The minimum absolute atomic E-state index is 0.454. The Hall–Kier alpha value is -1.12. The molecule has 2 rings (SSSR count). The summed E-state index contributed by atoms with van der Waals surface area (Å²) in [4.78, 5) is 6.04. The Bertz CT molecular complexity index is 606. The van der Waals surface area contributed by atoms with Gasteiger partial charge in [0.25, 0.3) is 0 Å². The standard InChI is InChI=1S/C16H28N4O2S2/c1-3-17-16(18-9-6-15-5-4-12-23-15)19-13-14-7-10-20(11-8-14)24(2,21)22/h4-5,12,14H,3,6-11,13H2,1-2H3,(H2,17,18,19). The number of hydrogen-bond donors (Lipinski definition) is 2. The van der Waals surface area contributed by atoms with Gasteiger partial charge in [0.1, 0.15) is 0 Å². The molecule has 0 aliphatic carbocycles. The molecule has 0 bridgehead atoms. The minimum Gasteiger partial charge on any atom is -0.357 e. The molecule has 2 heterocycles. The minimum atomic E-state index is -3.05. The number of hydrogen-bond acceptors (Lipinski definition) is 4. The van der Waals surface area contributed by atoms with Gasteiger partial charge < -0.3 is 10.6 Å². The van der Waals surface area contributed by atoms with Crippen LogP contribution in [0, 0.1) is 5.92 Å². The molecule has 136 valence electrons. The number of nitrogens with zero attached hydrogens (tertiary/aromatic N) is 2. The molecule has 0 spiro atoms. The smallest absolute Gasteiger partial charge is 0.211 e. The van der Waals surface area contributed by atoms with Crippen LogP contribution in [0.5, 0.6) is 0 Å². The number of guanidine groups is 1. The maximum Gasteiger partial charge on any atom is 0.211 e.